The van der Waals surface area contributed by atoms with E-state index in [2.05, 4.69) is 10.6 Å². The van der Waals surface area contributed by atoms with Crippen LogP contribution in [0.3, 0.4) is 0 Å². The first-order valence-electron chi connectivity index (χ1n) is 7.32. The largest absolute Gasteiger partial charge is 0.348 e. The third kappa shape index (κ3) is 6.05. The molecule has 2 atom stereocenters. The Hall–Kier alpha value is -1.56. The molecule has 22 heavy (non-hydrogen) atoms. The summed E-state index contributed by atoms with van der Waals surface area (Å²) in [6, 6.07) is 5.25. The summed E-state index contributed by atoms with van der Waals surface area (Å²) >= 11 is 1.62. The summed E-state index contributed by atoms with van der Waals surface area (Å²) in [4.78, 5) is 23.9. The van der Waals surface area contributed by atoms with Crippen LogP contribution in [0.25, 0.3) is 0 Å². The molecule has 0 aliphatic rings. The smallest absolute Gasteiger partial charge is 0.243 e. The van der Waals surface area contributed by atoms with Crippen molar-refractivity contribution < 1.29 is 14.0 Å². The van der Waals surface area contributed by atoms with Crippen molar-refractivity contribution in [1.82, 2.24) is 10.6 Å². The van der Waals surface area contributed by atoms with Crippen LogP contribution < -0.4 is 10.6 Å². The van der Waals surface area contributed by atoms with Gasteiger partial charge in [-0.2, -0.15) is 11.8 Å². The van der Waals surface area contributed by atoms with Crippen molar-refractivity contribution in [1.29, 1.82) is 0 Å². The fourth-order valence-electron chi connectivity index (χ4n) is 1.97. The predicted octanol–water partition coefficient (Wildman–Crippen LogP) is 2.65. The lowest BCUT2D eigenvalue weighted by Gasteiger charge is -2.21. The lowest BCUT2D eigenvalue weighted by molar-refractivity contribution is -0.129. The van der Waals surface area contributed by atoms with Gasteiger partial charge in [-0.25, -0.2) is 4.39 Å². The zero-order chi connectivity index (χ0) is 16.5. The van der Waals surface area contributed by atoms with Crippen LogP contribution in [-0.2, 0) is 9.59 Å². The Kier molecular flexibility index (Phi) is 7.95. The third-order valence-electron chi connectivity index (χ3n) is 3.29. The number of hydrogen-bond acceptors (Lipinski definition) is 3. The maximum atomic E-state index is 13.2. The molecule has 4 nitrogen and oxygen atoms in total. The van der Waals surface area contributed by atoms with E-state index in [4.69, 9.17) is 0 Å². The molecule has 2 N–H and O–H groups in total. The van der Waals surface area contributed by atoms with Crippen molar-refractivity contribution >= 4 is 23.6 Å². The normalized spacial score (nSPS) is 13.3. The third-order valence-corrected chi connectivity index (χ3v) is 3.93. The molecule has 6 heteroatoms. The Morgan fingerprint density at radius 1 is 1.32 bits per heavy atom. The van der Waals surface area contributed by atoms with Gasteiger partial charge in [0.15, 0.2) is 0 Å². The minimum Gasteiger partial charge on any atom is -0.348 e. The highest BCUT2D eigenvalue weighted by Gasteiger charge is 2.21. The van der Waals surface area contributed by atoms with Crippen LogP contribution >= 0.6 is 11.8 Å². The number of carbonyl (C=O) groups excluding carboxylic acids is 2. The number of thioether (sulfide) groups is 1. The molecule has 0 aliphatic carbocycles. The molecule has 0 radical (unpaired) electrons. The maximum Gasteiger partial charge on any atom is 0.243 e. The Balaban J connectivity index is 2.70. The van der Waals surface area contributed by atoms with E-state index in [9.17, 15) is 14.0 Å². The minimum absolute atomic E-state index is 0.153. The molecule has 2 amide bonds. The number of benzene rings is 1. The van der Waals surface area contributed by atoms with Gasteiger partial charge in [-0.15, -0.1) is 0 Å². The zero-order valence-corrected chi connectivity index (χ0v) is 14.0. The van der Waals surface area contributed by atoms with E-state index in [0.717, 1.165) is 5.75 Å². The highest BCUT2D eigenvalue weighted by Crippen LogP contribution is 2.14. The van der Waals surface area contributed by atoms with Gasteiger partial charge in [0.2, 0.25) is 11.8 Å². The van der Waals surface area contributed by atoms with Gasteiger partial charge in [0, 0.05) is 6.42 Å². The Morgan fingerprint density at radius 3 is 2.64 bits per heavy atom. The second-order valence-electron chi connectivity index (χ2n) is 5.04. The first kappa shape index (κ1) is 18.5. The van der Waals surface area contributed by atoms with Crippen molar-refractivity contribution in [2.24, 2.45) is 0 Å². The lowest BCUT2D eigenvalue weighted by atomic mass is 10.1. The molecule has 0 aromatic heterocycles. The SMILES string of the molecule is CCC(=O)N[C@@H](CCSC)C(=O)N[C@H](C)c1cccc(F)c1. The maximum absolute atomic E-state index is 13.2. The topological polar surface area (TPSA) is 58.2 Å². The predicted molar refractivity (Wildman–Crippen MR) is 88.2 cm³/mol. The highest BCUT2D eigenvalue weighted by molar-refractivity contribution is 7.98. The van der Waals surface area contributed by atoms with E-state index in [1.807, 2.05) is 6.26 Å². The van der Waals surface area contributed by atoms with Crippen molar-refractivity contribution in [3.63, 3.8) is 0 Å². The molecule has 0 spiro atoms. The molecular formula is C16H23FN2O2S. The van der Waals surface area contributed by atoms with Crippen LogP contribution in [0.15, 0.2) is 24.3 Å². The molecule has 0 heterocycles. The Bertz CT molecular complexity index is 511. The molecule has 122 valence electrons. The summed E-state index contributed by atoms with van der Waals surface area (Å²) in [6.45, 7) is 3.54. The Labute approximate surface area is 135 Å². The first-order chi connectivity index (χ1) is 10.5. The monoisotopic (exact) mass is 326 g/mol. The molecule has 0 aliphatic heterocycles. The summed E-state index contributed by atoms with van der Waals surface area (Å²) in [5, 5.41) is 5.56. The fourth-order valence-corrected chi connectivity index (χ4v) is 2.45. The molecular weight excluding hydrogens is 303 g/mol. The van der Waals surface area contributed by atoms with Gasteiger partial charge >= 0.3 is 0 Å². The van der Waals surface area contributed by atoms with Gasteiger partial charge in [0.1, 0.15) is 11.9 Å². The van der Waals surface area contributed by atoms with Crippen LogP contribution in [0, 0.1) is 5.82 Å². The summed E-state index contributed by atoms with van der Waals surface area (Å²) in [7, 11) is 0. The fraction of sp³-hybridized carbons (Fsp3) is 0.500. The molecule has 1 aromatic carbocycles. The first-order valence-corrected chi connectivity index (χ1v) is 8.71. The number of nitrogens with one attached hydrogen (secondary N) is 2. The van der Waals surface area contributed by atoms with Crippen LogP contribution in [0.2, 0.25) is 0 Å². The quantitative estimate of drug-likeness (QED) is 0.772. The Morgan fingerprint density at radius 2 is 2.05 bits per heavy atom. The van der Waals surface area contributed by atoms with E-state index in [-0.39, 0.29) is 23.7 Å². The summed E-state index contributed by atoms with van der Waals surface area (Å²) in [6.07, 6.45) is 2.85. The molecule has 1 aromatic rings. The average molecular weight is 326 g/mol. The number of carbonyl (C=O) groups is 2. The molecule has 1 rings (SSSR count). The molecule has 0 bridgehead atoms. The molecule has 0 unspecified atom stereocenters. The van der Waals surface area contributed by atoms with Crippen LogP contribution in [0.1, 0.15) is 38.3 Å². The van der Waals surface area contributed by atoms with Gasteiger partial charge < -0.3 is 10.6 Å². The lowest BCUT2D eigenvalue weighted by Crippen LogP contribution is -2.47. The van der Waals surface area contributed by atoms with Crippen LogP contribution in [0.4, 0.5) is 4.39 Å². The van der Waals surface area contributed by atoms with E-state index in [0.29, 0.717) is 18.4 Å². The van der Waals surface area contributed by atoms with Crippen molar-refractivity contribution in [3.8, 4) is 0 Å². The van der Waals surface area contributed by atoms with E-state index in [1.165, 1.54) is 12.1 Å². The number of hydrogen-bond donors (Lipinski definition) is 2. The van der Waals surface area contributed by atoms with Crippen molar-refractivity contribution in [2.45, 2.75) is 38.8 Å². The van der Waals surface area contributed by atoms with Crippen molar-refractivity contribution in [3.05, 3.63) is 35.6 Å². The summed E-state index contributed by atoms with van der Waals surface area (Å²) in [5.41, 5.74) is 0.693. The van der Waals surface area contributed by atoms with Gasteiger partial charge in [0.25, 0.3) is 0 Å². The van der Waals surface area contributed by atoms with Crippen molar-refractivity contribution in [2.75, 3.05) is 12.0 Å². The molecule has 0 fully saturated rings. The zero-order valence-electron chi connectivity index (χ0n) is 13.2. The van der Waals surface area contributed by atoms with E-state index >= 15 is 0 Å². The number of rotatable bonds is 8. The number of halogens is 1. The van der Waals surface area contributed by atoms with Crippen LogP contribution in [-0.4, -0.2) is 29.9 Å². The average Bonchev–Trinajstić information content (AvgIpc) is 2.50. The second-order valence-corrected chi connectivity index (χ2v) is 6.03. The van der Waals surface area contributed by atoms with Gasteiger partial charge in [0.05, 0.1) is 6.04 Å². The second kappa shape index (κ2) is 9.46. The molecule has 0 saturated heterocycles. The number of amides is 2. The van der Waals surface area contributed by atoms with E-state index < -0.39 is 6.04 Å². The van der Waals surface area contributed by atoms with Crippen LogP contribution in [0.5, 0.6) is 0 Å². The van der Waals surface area contributed by atoms with Gasteiger partial charge in [-0.1, -0.05) is 19.1 Å². The highest BCUT2D eigenvalue weighted by atomic mass is 32.2. The molecule has 0 saturated carbocycles. The minimum atomic E-state index is -0.559. The standard InChI is InChI=1S/C16H23FN2O2S/c1-4-15(20)19-14(8-9-22-3)16(21)18-11(2)12-6-5-7-13(17)10-12/h5-7,10-11,14H,4,8-9H2,1-3H3,(H,18,21)(H,19,20)/t11-,14+/m1/s1. The summed E-state index contributed by atoms with van der Waals surface area (Å²) in [5.74, 6) is 0.0419. The van der Waals surface area contributed by atoms with Gasteiger partial charge in [-0.3, -0.25) is 9.59 Å². The van der Waals surface area contributed by atoms with Gasteiger partial charge in [-0.05, 0) is 43.0 Å². The van der Waals surface area contributed by atoms with E-state index in [1.54, 1.807) is 37.7 Å². The summed E-state index contributed by atoms with van der Waals surface area (Å²) < 4.78 is 13.2.